The number of nitrogens with one attached hydrogen (secondary N) is 1. The Balaban J connectivity index is 1.54. The van der Waals surface area contributed by atoms with Crippen LogP contribution in [0.4, 0.5) is 11.4 Å². The Bertz CT molecular complexity index is 1050. The van der Waals surface area contributed by atoms with Crippen LogP contribution in [0.2, 0.25) is 0 Å². The van der Waals surface area contributed by atoms with E-state index in [2.05, 4.69) is 15.1 Å². The van der Waals surface area contributed by atoms with Crippen LogP contribution in [0.1, 0.15) is 17.2 Å². The van der Waals surface area contributed by atoms with Gasteiger partial charge < -0.3 is 20.1 Å². The number of piperazine rings is 1. The number of nitrogens with zero attached hydrogens (tertiary/aromatic N) is 2. The van der Waals surface area contributed by atoms with E-state index in [1.54, 1.807) is 19.2 Å². The lowest BCUT2D eigenvalue weighted by molar-refractivity contribution is -0.121. The molecule has 3 aromatic carbocycles. The Kier molecular flexibility index (Phi) is 6.61. The number of aryl methyl sites for hydroxylation is 1. The molecule has 0 radical (unpaired) electrons. The largest absolute Gasteiger partial charge is 0.508 e. The highest BCUT2D eigenvalue weighted by atomic mass is 16.5. The fourth-order valence-electron chi connectivity index (χ4n) is 4.19. The molecule has 0 saturated carbocycles. The topological polar surface area (TPSA) is 65.0 Å². The molecule has 1 saturated heterocycles. The van der Waals surface area contributed by atoms with Gasteiger partial charge in [-0.2, -0.15) is 0 Å². The fourth-order valence-corrected chi connectivity index (χ4v) is 4.19. The molecule has 0 aromatic heterocycles. The smallest absolute Gasteiger partial charge is 0.246 e. The van der Waals surface area contributed by atoms with Crippen molar-refractivity contribution < 1.29 is 14.6 Å². The number of benzene rings is 3. The summed E-state index contributed by atoms with van der Waals surface area (Å²) in [6.07, 6.45) is 0. The van der Waals surface area contributed by atoms with Crippen LogP contribution >= 0.6 is 0 Å². The summed E-state index contributed by atoms with van der Waals surface area (Å²) >= 11 is 0. The third-order valence-corrected chi connectivity index (χ3v) is 5.87. The summed E-state index contributed by atoms with van der Waals surface area (Å²) < 4.78 is 5.45. The number of ether oxygens (including phenoxy) is 1. The average Bonchev–Trinajstić information content (AvgIpc) is 2.81. The maximum atomic E-state index is 13.5. The summed E-state index contributed by atoms with van der Waals surface area (Å²) in [6.45, 7) is 5.09. The van der Waals surface area contributed by atoms with Crippen LogP contribution in [-0.4, -0.2) is 49.2 Å². The molecular weight excluding hydrogens is 402 g/mol. The first-order valence-corrected chi connectivity index (χ1v) is 10.8. The van der Waals surface area contributed by atoms with Gasteiger partial charge in [-0.3, -0.25) is 9.69 Å². The Morgan fingerprint density at radius 1 is 0.969 bits per heavy atom. The predicted octanol–water partition coefficient (Wildman–Crippen LogP) is 4.21. The van der Waals surface area contributed by atoms with Gasteiger partial charge in [0.05, 0.1) is 12.8 Å². The van der Waals surface area contributed by atoms with Crippen molar-refractivity contribution in [3.05, 3.63) is 83.9 Å². The number of carbonyl (C=O) groups excluding carboxylic acids is 1. The molecule has 166 valence electrons. The number of carbonyl (C=O) groups is 1. The van der Waals surface area contributed by atoms with E-state index in [1.165, 1.54) is 0 Å². The fraction of sp³-hybridized carbons (Fsp3) is 0.269. The number of phenolic OH excluding ortho intramolecular Hbond substituents is 1. The highest BCUT2D eigenvalue weighted by Crippen LogP contribution is 2.30. The van der Waals surface area contributed by atoms with Crippen molar-refractivity contribution in [2.45, 2.75) is 13.0 Å². The van der Waals surface area contributed by atoms with Crippen molar-refractivity contribution >= 4 is 17.3 Å². The third-order valence-electron chi connectivity index (χ3n) is 5.87. The van der Waals surface area contributed by atoms with E-state index in [-0.39, 0.29) is 11.7 Å². The van der Waals surface area contributed by atoms with Gasteiger partial charge in [0.25, 0.3) is 0 Å². The highest BCUT2D eigenvalue weighted by Gasteiger charge is 2.31. The van der Waals surface area contributed by atoms with Crippen molar-refractivity contribution in [3.63, 3.8) is 0 Å². The molecular formula is C26H29N3O3. The Labute approximate surface area is 189 Å². The van der Waals surface area contributed by atoms with Gasteiger partial charge in [-0.05, 0) is 54.4 Å². The SMILES string of the molecule is COc1ccc(C)cc1NC(=O)C(c1ccccc1)N1CCN(c2ccc(O)cc2)CC1. The second-order valence-corrected chi connectivity index (χ2v) is 8.05. The molecule has 1 heterocycles. The minimum atomic E-state index is -0.400. The molecule has 32 heavy (non-hydrogen) atoms. The van der Waals surface area contributed by atoms with E-state index >= 15 is 0 Å². The third kappa shape index (κ3) is 4.86. The Morgan fingerprint density at radius 3 is 2.31 bits per heavy atom. The Hall–Kier alpha value is -3.51. The van der Waals surface area contributed by atoms with Gasteiger partial charge in [-0.15, -0.1) is 0 Å². The Morgan fingerprint density at radius 2 is 1.66 bits per heavy atom. The standard InChI is InChI=1S/C26H29N3O3/c1-19-8-13-24(32-2)23(18-19)27-26(31)25(20-6-4-3-5-7-20)29-16-14-28(15-17-29)21-9-11-22(30)12-10-21/h3-13,18,25,30H,14-17H2,1-2H3,(H,27,31). The van der Waals surface area contributed by atoms with Gasteiger partial charge in [0, 0.05) is 31.9 Å². The molecule has 1 aliphatic heterocycles. The van der Waals surface area contributed by atoms with Gasteiger partial charge in [0.1, 0.15) is 17.5 Å². The average molecular weight is 432 g/mol. The number of amides is 1. The van der Waals surface area contributed by atoms with Crippen LogP contribution in [0.25, 0.3) is 0 Å². The normalized spacial score (nSPS) is 15.2. The molecule has 4 rings (SSSR count). The first kappa shape index (κ1) is 21.7. The highest BCUT2D eigenvalue weighted by molar-refractivity contribution is 5.97. The lowest BCUT2D eigenvalue weighted by Gasteiger charge is -2.39. The van der Waals surface area contributed by atoms with Gasteiger partial charge in [-0.25, -0.2) is 0 Å². The van der Waals surface area contributed by atoms with E-state index in [0.29, 0.717) is 11.4 Å². The van der Waals surface area contributed by atoms with Crippen molar-refractivity contribution in [2.24, 2.45) is 0 Å². The zero-order valence-electron chi connectivity index (χ0n) is 18.5. The molecule has 1 amide bonds. The van der Waals surface area contributed by atoms with Crippen molar-refractivity contribution in [3.8, 4) is 11.5 Å². The molecule has 0 spiro atoms. The number of hydrogen-bond acceptors (Lipinski definition) is 5. The summed E-state index contributed by atoms with van der Waals surface area (Å²) in [5, 5.41) is 12.7. The quantitative estimate of drug-likeness (QED) is 0.612. The molecule has 0 bridgehead atoms. The zero-order chi connectivity index (χ0) is 22.5. The van der Waals surface area contributed by atoms with E-state index < -0.39 is 6.04 Å². The van der Waals surface area contributed by atoms with Crippen LogP contribution in [0.3, 0.4) is 0 Å². The van der Waals surface area contributed by atoms with Crippen LogP contribution in [0, 0.1) is 6.92 Å². The number of methoxy groups -OCH3 is 1. The second-order valence-electron chi connectivity index (χ2n) is 8.05. The summed E-state index contributed by atoms with van der Waals surface area (Å²) in [4.78, 5) is 18.0. The molecule has 1 atom stereocenters. The molecule has 6 nitrogen and oxygen atoms in total. The second kappa shape index (κ2) is 9.75. The first-order chi connectivity index (χ1) is 15.5. The van der Waals surface area contributed by atoms with Gasteiger partial charge >= 0.3 is 0 Å². The molecule has 2 N–H and O–H groups in total. The summed E-state index contributed by atoms with van der Waals surface area (Å²) in [7, 11) is 1.61. The number of hydrogen-bond donors (Lipinski definition) is 2. The summed E-state index contributed by atoms with van der Waals surface area (Å²) in [5.41, 5.74) is 3.78. The minimum Gasteiger partial charge on any atom is -0.508 e. The molecule has 1 unspecified atom stereocenters. The summed E-state index contributed by atoms with van der Waals surface area (Å²) in [5.74, 6) is 0.839. The van der Waals surface area contributed by atoms with Gasteiger partial charge in [0.2, 0.25) is 5.91 Å². The number of phenols is 1. The van der Waals surface area contributed by atoms with Crippen LogP contribution in [-0.2, 0) is 4.79 Å². The maximum absolute atomic E-state index is 13.5. The number of aromatic hydroxyl groups is 1. The van der Waals surface area contributed by atoms with Crippen LogP contribution in [0.5, 0.6) is 11.5 Å². The summed E-state index contributed by atoms with van der Waals surface area (Å²) in [6, 6.07) is 22.5. The lowest BCUT2D eigenvalue weighted by Crippen LogP contribution is -2.50. The van der Waals surface area contributed by atoms with E-state index in [9.17, 15) is 9.90 Å². The predicted molar refractivity (Wildman–Crippen MR) is 127 cm³/mol. The van der Waals surface area contributed by atoms with Gasteiger partial charge in [0.15, 0.2) is 0 Å². The monoisotopic (exact) mass is 431 g/mol. The maximum Gasteiger partial charge on any atom is 0.246 e. The molecule has 0 aliphatic carbocycles. The molecule has 3 aromatic rings. The van der Waals surface area contributed by atoms with Gasteiger partial charge in [-0.1, -0.05) is 36.4 Å². The molecule has 1 aliphatic rings. The molecule has 1 fully saturated rings. The number of rotatable bonds is 6. The van der Waals surface area contributed by atoms with E-state index in [0.717, 1.165) is 43.0 Å². The van der Waals surface area contributed by atoms with Crippen LogP contribution < -0.4 is 15.0 Å². The van der Waals surface area contributed by atoms with Crippen LogP contribution in [0.15, 0.2) is 72.8 Å². The molecule has 6 heteroatoms. The van der Waals surface area contributed by atoms with E-state index in [4.69, 9.17) is 4.74 Å². The lowest BCUT2D eigenvalue weighted by atomic mass is 10.0. The van der Waals surface area contributed by atoms with Crippen molar-refractivity contribution in [1.82, 2.24) is 4.90 Å². The minimum absolute atomic E-state index is 0.0711. The van der Waals surface area contributed by atoms with Crippen molar-refractivity contribution in [2.75, 3.05) is 43.5 Å². The first-order valence-electron chi connectivity index (χ1n) is 10.8. The number of anilines is 2. The zero-order valence-corrected chi connectivity index (χ0v) is 18.5. The van der Waals surface area contributed by atoms with E-state index in [1.807, 2.05) is 67.6 Å². The van der Waals surface area contributed by atoms with Crippen molar-refractivity contribution in [1.29, 1.82) is 0 Å².